The third-order valence-electron chi connectivity index (χ3n) is 3.35. The number of unbranched alkanes of at least 4 members (excludes halogenated alkanes) is 4. The molecule has 0 aliphatic rings. The zero-order valence-electron chi connectivity index (χ0n) is 12.4. The van der Waals surface area contributed by atoms with E-state index < -0.39 is 7.60 Å². The zero-order valence-corrected chi connectivity index (χ0v) is 13.3. The molecule has 18 heavy (non-hydrogen) atoms. The summed E-state index contributed by atoms with van der Waals surface area (Å²) in [5.74, 6) is 0.432. The first-order valence-corrected chi connectivity index (χ1v) is 9.28. The highest BCUT2D eigenvalue weighted by Gasteiger charge is 2.20. The molecule has 0 bridgehead atoms. The van der Waals surface area contributed by atoms with Crippen LogP contribution in [-0.2, 0) is 9.09 Å². The lowest BCUT2D eigenvalue weighted by molar-refractivity contribution is 0.203. The van der Waals surface area contributed by atoms with E-state index in [0.717, 1.165) is 38.5 Å². The van der Waals surface area contributed by atoms with E-state index in [1.807, 2.05) is 0 Å². The van der Waals surface area contributed by atoms with Gasteiger partial charge in [-0.15, -0.1) is 0 Å². The van der Waals surface area contributed by atoms with Crippen molar-refractivity contribution in [3.8, 4) is 0 Å². The molecule has 0 aliphatic carbocycles. The topological polar surface area (TPSA) is 46.5 Å². The Labute approximate surface area is 113 Å². The lowest BCUT2D eigenvalue weighted by atomic mass is 10.0. The summed E-state index contributed by atoms with van der Waals surface area (Å²) in [6, 6.07) is 0. The van der Waals surface area contributed by atoms with Crippen molar-refractivity contribution in [2.45, 2.75) is 72.1 Å². The fraction of sp³-hybridized carbons (Fsp3) is 1.00. The number of hydrogen-bond donors (Lipinski definition) is 1. The van der Waals surface area contributed by atoms with Crippen LogP contribution < -0.4 is 0 Å². The van der Waals surface area contributed by atoms with Crippen molar-refractivity contribution >= 4 is 7.60 Å². The molecule has 110 valence electrons. The Bertz CT molecular complexity index is 231. The molecule has 3 nitrogen and oxygen atoms in total. The lowest BCUT2D eigenvalue weighted by Gasteiger charge is -2.18. The predicted octanol–water partition coefficient (Wildman–Crippen LogP) is 4.99. The van der Waals surface area contributed by atoms with Gasteiger partial charge in [-0.25, -0.2) is 0 Å². The first-order chi connectivity index (χ1) is 8.55. The molecule has 2 atom stereocenters. The van der Waals surface area contributed by atoms with Gasteiger partial charge >= 0.3 is 7.60 Å². The average Bonchev–Trinajstić information content (AvgIpc) is 2.35. The van der Waals surface area contributed by atoms with Gasteiger partial charge in [0.1, 0.15) is 0 Å². The van der Waals surface area contributed by atoms with Gasteiger partial charge in [0.15, 0.2) is 0 Å². The van der Waals surface area contributed by atoms with E-state index in [9.17, 15) is 9.46 Å². The zero-order chi connectivity index (χ0) is 13.9. The predicted molar refractivity (Wildman–Crippen MR) is 78.1 cm³/mol. The monoisotopic (exact) mass is 278 g/mol. The molecule has 0 aliphatic heterocycles. The smallest absolute Gasteiger partial charge is 0.324 e. The van der Waals surface area contributed by atoms with Crippen LogP contribution >= 0.6 is 7.60 Å². The van der Waals surface area contributed by atoms with Crippen molar-refractivity contribution in [1.82, 2.24) is 0 Å². The second-order valence-corrected chi connectivity index (χ2v) is 7.11. The first-order valence-electron chi connectivity index (χ1n) is 7.52. The van der Waals surface area contributed by atoms with E-state index in [0.29, 0.717) is 18.7 Å². The summed E-state index contributed by atoms with van der Waals surface area (Å²) in [5, 5.41) is 0. The third-order valence-corrected chi connectivity index (χ3v) is 4.78. The third kappa shape index (κ3) is 10.1. The molecule has 1 N–H and O–H groups in total. The van der Waals surface area contributed by atoms with Crippen LogP contribution in [0.5, 0.6) is 0 Å². The van der Waals surface area contributed by atoms with Gasteiger partial charge < -0.3 is 9.42 Å². The Hall–Kier alpha value is 0.150. The van der Waals surface area contributed by atoms with Crippen molar-refractivity contribution in [3.63, 3.8) is 0 Å². The number of hydrogen-bond acceptors (Lipinski definition) is 2. The van der Waals surface area contributed by atoms with Gasteiger partial charge in [0, 0.05) is 6.16 Å². The van der Waals surface area contributed by atoms with Gasteiger partial charge in [0.25, 0.3) is 0 Å². The summed E-state index contributed by atoms with van der Waals surface area (Å²) in [7, 11) is -3.33. The highest BCUT2D eigenvalue weighted by molar-refractivity contribution is 7.52. The molecule has 0 rings (SSSR count). The molecule has 0 amide bonds. The van der Waals surface area contributed by atoms with Crippen LogP contribution in [0, 0.1) is 5.92 Å². The summed E-state index contributed by atoms with van der Waals surface area (Å²) < 4.78 is 17.1. The van der Waals surface area contributed by atoms with Crippen molar-refractivity contribution < 1.29 is 14.0 Å². The summed E-state index contributed by atoms with van der Waals surface area (Å²) >= 11 is 0. The van der Waals surface area contributed by atoms with Crippen LogP contribution in [0.25, 0.3) is 0 Å². The van der Waals surface area contributed by atoms with Crippen molar-refractivity contribution in [2.75, 3.05) is 12.8 Å². The molecule has 0 spiro atoms. The van der Waals surface area contributed by atoms with Gasteiger partial charge in [0.05, 0.1) is 6.61 Å². The molecule has 0 saturated carbocycles. The van der Waals surface area contributed by atoms with Crippen LogP contribution in [-0.4, -0.2) is 17.7 Å². The maximum atomic E-state index is 11.8. The quantitative estimate of drug-likeness (QED) is 0.404. The summed E-state index contributed by atoms with van der Waals surface area (Å²) in [4.78, 5) is 9.72. The van der Waals surface area contributed by atoms with Crippen LogP contribution in [0.15, 0.2) is 0 Å². The molecular weight excluding hydrogens is 247 g/mol. The SMILES string of the molecule is CCCCCCP(=O)(O)OCC(CC)CCCC. The summed E-state index contributed by atoms with van der Waals surface area (Å²) in [5.41, 5.74) is 0. The Morgan fingerprint density at radius 1 is 1.06 bits per heavy atom. The standard InChI is InChI=1S/C14H31O3P/c1-4-7-9-10-12-18(15,16)17-13-14(6-3)11-8-5-2/h14H,4-13H2,1-3H3,(H,15,16). The minimum absolute atomic E-state index is 0.317. The summed E-state index contributed by atoms with van der Waals surface area (Å²) in [6.07, 6.45) is 8.89. The van der Waals surface area contributed by atoms with Crippen LogP contribution in [0.4, 0.5) is 0 Å². The molecule has 4 heteroatoms. The van der Waals surface area contributed by atoms with Gasteiger partial charge in [-0.05, 0) is 18.8 Å². The fourth-order valence-electron chi connectivity index (χ4n) is 1.92. The first kappa shape index (κ1) is 18.1. The Morgan fingerprint density at radius 3 is 2.28 bits per heavy atom. The minimum Gasteiger partial charge on any atom is -0.324 e. The molecule has 0 aromatic heterocycles. The molecule has 2 unspecified atom stereocenters. The Balaban J connectivity index is 3.81. The average molecular weight is 278 g/mol. The Kier molecular flexibility index (Phi) is 11.1. The second-order valence-electron chi connectivity index (χ2n) is 5.13. The highest BCUT2D eigenvalue weighted by Crippen LogP contribution is 2.43. The molecule has 0 radical (unpaired) electrons. The maximum absolute atomic E-state index is 11.8. The van der Waals surface area contributed by atoms with E-state index in [1.54, 1.807) is 0 Å². The molecular formula is C14H31O3P. The lowest BCUT2D eigenvalue weighted by Crippen LogP contribution is -2.08. The molecule has 0 aromatic rings. The normalized spacial score (nSPS) is 16.4. The molecule has 0 saturated heterocycles. The van der Waals surface area contributed by atoms with Crippen LogP contribution in [0.1, 0.15) is 72.1 Å². The Morgan fingerprint density at radius 2 is 1.72 bits per heavy atom. The van der Waals surface area contributed by atoms with E-state index in [1.165, 1.54) is 12.8 Å². The van der Waals surface area contributed by atoms with Gasteiger partial charge in [-0.3, -0.25) is 4.57 Å². The van der Waals surface area contributed by atoms with E-state index in [2.05, 4.69) is 20.8 Å². The maximum Gasteiger partial charge on any atom is 0.328 e. The van der Waals surface area contributed by atoms with Gasteiger partial charge in [-0.1, -0.05) is 59.3 Å². The molecule has 0 heterocycles. The van der Waals surface area contributed by atoms with Crippen molar-refractivity contribution in [2.24, 2.45) is 5.92 Å². The van der Waals surface area contributed by atoms with E-state index in [4.69, 9.17) is 4.52 Å². The number of rotatable bonds is 12. The molecule has 0 aromatic carbocycles. The van der Waals surface area contributed by atoms with Gasteiger partial charge in [-0.2, -0.15) is 0 Å². The van der Waals surface area contributed by atoms with Crippen LogP contribution in [0.2, 0.25) is 0 Å². The van der Waals surface area contributed by atoms with Gasteiger partial charge in [0.2, 0.25) is 0 Å². The second kappa shape index (κ2) is 11.0. The van der Waals surface area contributed by atoms with Crippen LogP contribution in [0.3, 0.4) is 0 Å². The van der Waals surface area contributed by atoms with Crippen molar-refractivity contribution in [3.05, 3.63) is 0 Å². The largest absolute Gasteiger partial charge is 0.328 e. The van der Waals surface area contributed by atoms with E-state index >= 15 is 0 Å². The minimum atomic E-state index is -3.33. The summed E-state index contributed by atoms with van der Waals surface area (Å²) in [6.45, 7) is 6.86. The highest BCUT2D eigenvalue weighted by atomic mass is 31.2. The molecule has 0 fully saturated rings. The van der Waals surface area contributed by atoms with E-state index in [-0.39, 0.29) is 0 Å². The van der Waals surface area contributed by atoms with Crippen molar-refractivity contribution in [1.29, 1.82) is 0 Å². The fourth-order valence-corrected chi connectivity index (χ4v) is 3.12.